The second-order valence-corrected chi connectivity index (χ2v) is 8.63. The summed E-state index contributed by atoms with van der Waals surface area (Å²) in [4.78, 5) is 42.1. The summed E-state index contributed by atoms with van der Waals surface area (Å²) < 4.78 is 6.50. The highest BCUT2D eigenvalue weighted by Gasteiger charge is 2.14. The van der Waals surface area contributed by atoms with E-state index >= 15 is 0 Å². The van der Waals surface area contributed by atoms with Gasteiger partial charge in [-0.1, -0.05) is 54.2 Å². The van der Waals surface area contributed by atoms with E-state index < -0.39 is 0 Å². The number of thioether (sulfide) groups is 1. The molecule has 0 bridgehead atoms. The highest BCUT2D eigenvalue weighted by atomic mass is 32.2. The molecule has 34 heavy (non-hydrogen) atoms. The average Bonchev–Trinajstić information content (AvgIpc) is 2.85. The van der Waals surface area contributed by atoms with Gasteiger partial charge in [0.15, 0.2) is 5.16 Å². The normalized spacial score (nSPS) is 10.9. The largest absolute Gasteiger partial charge is 0.383 e. The van der Waals surface area contributed by atoms with Crippen LogP contribution in [-0.4, -0.2) is 53.9 Å². The van der Waals surface area contributed by atoms with Crippen LogP contribution in [0.5, 0.6) is 0 Å². The molecule has 1 heterocycles. The van der Waals surface area contributed by atoms with Crippen LogP contribution in [-0.2, 0) is 27.3 Å². The molecule has 1 aromatic heterocycles. The maximum absolute atomic E-state index is 13.1. The summed E-state index contributed by atoms with van der Waals surface area (Å²) in [6, 6.07) is 17.1. The molecule has 3 aromatic rings. The molecule has 0 unspecified atom stereocenters. The van der Waals surface area contributed by atoms with Crippen molar-refractivity contribution in [3.63, 3.8) is 0 Å². The first-order chi connectivity index (χ1) is 16.6. The van der Waals surface area contributed by atoms with E-state index in [0.717, 1.165) is 6.42 Å². The quantitative estimate of drug-likeness (QED) is 0.220. The van der Waals surface area contributed by atoms with Crippen LogP contribution >= 0.6 is 11.8 Å². The minimum Gasteiger partial charge on any atom is -0.383 e. The van der Waals surface area contributed by atoms with Crippen LogP contribution in [0.15, 0.2) is 64.5 Å². The number of hydrogen-bond donors (Lipinski definition) is 2. The topological polar surface area (TPSA) is 102 Å². The molecule has 3 rings (SSSR count). The van der Waals surface area contributed by atoms with Crippen molar-refractivity contribution < 1.29 is 14.3 Å². The van der Waals surface area contributed by atoms with Crippen LogP contribution in [0, 0.1) is 0 Å². The Morgan fingerprint density at radius 1 is 1.00 bits per heavy atom. The van der Waals surface area contributed by atoms with Crippen LogP contribution in [0.1, 0.15) is 18.4 Å². The van der Waals surface area contributed by atoms with E-state index in [1.54, 1.807) is 29.9 Å². The summed E-state index contributed by atoms with van der Waals surface area (Å²) in [5, 5.41) is 6.68. The van der Waals surface area contributed by atoms with Gasteiger partial charge in [0.05, 0.1) is 23.3 Å². The zero-order valence-corrected chi connectivity index (χ0v) is 20.1. The van der Waals surface area contributed by atoms with Crippen LogP contribution in [0.25, 0.3) is 10.9 Å². The van der Waals surface area contributed by atoms with Crippen molar-refractivity contribution >= 4 is 34.5 Å². The van der Waals surface area contributed by atoms with E-state index in [4.69, 9.17) is 4.74 Å². The van der Waals surface area contributed by atoms with Gasteiger partial charge in [-0.2, -0.15) is 0 Å². The Hall–Kier alpha value is -3.17. The summed E-state index contributed by atoms with van der Waals surface area (Å²) >= 11 is 1.21. The number of benzene rings is 2. The highest BCUT2D eigenvalue weighted by molar-refractivity contribution is 7.99. The van der Waals surface area contributed by atoms with E-state index in [9.17, 15) is 14.4 Å². The van der Waals surface area contributed by atoms with Crippen molar-refractivity contribution in [1.82, 2.24) is 20.2 Å². The third kappa shape index (κ3) is 7.71. The Morgan fingerprint density at radius 2 is 1.74 bits per heavy atom. The molecular weight excluding hydrogens is 452 g/mol. The first-order valence-electron chi connectivity index (χ1n) is 11.3. The molecule has 0 spiro atoms. The molecule has 0 saturated heterocycles. The predicted octanol–water partition coefficient (Wildman–Crippen LogP) is 2.39. The lowest BCUT2D eigenvalue weighted by atomic mass is 10.1. The second kappa shape index (κ2) is 13.5. The van der Waals surface area contributed by atoms with Gasteiger partial charge in [-0.25, -0.2) is 4.98 Å². The molecule has 0 aliphatic rings. The molecule has 0 radical (unpaired) electrons. The Morgan fingerprint density at radius 3 is 2.53 bits per heavy atom. The molecule has 0 atom stereocenters. The van der Waals surface area contributed by atoms with E-state index in [0.29, 0.717) is 55.1 Å². The third-order valence-electron chi connectivity index (χ3n) is 5.15. The molecule has 8 nitrogen and oxygen atoms in total. The molecule has 0 saturated carbocycles. The smallest absolute Gasteiger partial charge is 0.262 e. The van der Waals surface area contributed by atoms with Crippen molar-refractivity contribution in [3.05, 3.63) is 70.5 Å². The number of methoxy groups -OCH3 is 1. The van der Waals surface area contributed by atoms with E-state index in [2.05, 4.69) is 15.6 Å². The minimum atomic E-state index is -0.169. The molecule has 0 aliphatic carbocycles. The van der Waals surface area contributed by atoms with Gasteiger partial charge >= 0.3 is 0 Å². The number of hydrogen-bond acceptors (Lipinski definition) is 6. The molecule has 2 amide bonds. The number of amides is 2. The SMILES string of the molecule is COCCNC(=O)CSc1nc2ccccc2c(=O)n1CCCC(=O)NCCc1ccccc1. The lowest BCUT2D eigenvalue weighted by molar-refractivity contribution is -0.121. The Kier molecular flexibility index (Phi) is 10.1. The molecular formula is C25H30N4O4S. The van der Waals surface area contributed by atoms with Gasteiger partial charge in [-0.3, -0.25) is 19.0 Å². The van der Waals surface area contributed by atoms with Crippen LogP contribution in [0.3, 0.4) is 0 Å². The van der Waals surface area contributed by atoms with Crippen molar-refractivity contribution in [1.29, 1.82) is 0 Å². The number of carbonyl (C=O) groups excluding carboxylic acids is 2. The number of para-hydroxylation sites is 1. The standard InChI is InChI=1S/C25H30N4O4S/c1-33-17-15-27-23(31)18-34-25-28-21-11-6-5-10-20(21)24(32)29(25)16-7-12-22(30)26-14-13-19-8-3-2-4-9-19/h2-6,8-11H,7,12-18H2,1H3,(H,26,30)(H,27,31). The minimum absolute atomic E-state index is 0.0514. The van der Waals surface area contributed by atoms with Crippen LogP contribution in [0.4, 0.5) is 0 Å². The first kappa shape index (κ1) is 25.5. The average molecular weight is 483 g/mol. The fourth-order valence-corrected chi connectivity index (χ4v) is 4.26. The monoisotopic (exact) mass is 482 g/mol. The second-order valence-electron chi connectivity index (χ2n) is 7.69. The molecule has 9 heteroatoms. The summed E-state index contributed by atoms with van der Waals surface area (Å²) in [6.07, 6.45) is 1.56. The zero-order chi connectivity index (χ0) is 24.2. The van der Waals surface area contributed by atoms with Gasteiger partial charge in [0, 0.05) is 33.2 Å². The maximum atomic E-state index is 13.1. The van der Waals surface area contributed by atoms with Gasteiger partial charge in [0.2, 0.25) is 11.8 Å². The lowest BCUT2D eigenvalue weighted by Gasteiger charge is -2.13. The van der Waals surface area contributed by atoms with Crippen LogP contribution < -0.4 is 16.2 Å². The van der Waals surface area contributed by atoms with Crippen molar-refractivity contribution in [2.45, 2.75) is 31.0 Å². The van der Waals surface area contributed by atoms with Gasteiger partial charge < -0.3 is 15.4 Å². The van der Waals surface area contributed by atoms with E-state index in [1.807, 2.05) is 36.4 Å². The maximum Gasteiger partial charge on any atom is 0.262 e. The number of fused-ring (bicyclic) bond motifs is 1. The molecule has 180 valence electrons. The number of carbonyl (C=O) groups is 2. The van der Waals surface area contributed by atoms with Crippen LogP contribution in [0.2, 0.25) is 0 Å². The summed E-state index contributed by atoms with van der Waals surface area (Å²) in [6.45, 7) is 1.77. The predicted molar refractivity (Wildman–Crippen MR) is 134 cm³/mol. The molecule has 0 aliphatic heterocycles. The highest BCUT2D eigenvalue weighted by Crippen LogP contribution is 2.18. The Bertz CT molecular complexity index is 1150. The van der Waals surface area contributed by atoms with Crippen molar-refractivity contribution in [2.75, 3.05) is 32.6 Å². The summed E-state index contributed by atoms with van der Waals surface area (Å²) in [7, 11) is 1.57. The van der Waals surface area contributed by atoms with E-state index in [1.165, 1.54) is 17.3 Å². The van der Waals surface area contributed by atoms with Gasteiger partial charge in [0.1, 0.15) is 0 Å². The Labute approximate surface area is 203 Å². The fraction of sp³-hybridized carbons (Fsp3) is 0.360. The summed E-state index contributed by atoms with van der Waals surface area (Å²) in [5.74, 6) is -0.0766. The summed E-state index contributed by atoms with van der Waals surface area (Å²) in [5.41, 5.74) is 1.59. The number of aromatic nitrogens is 2. The van der Waals surface area contributed by atoms with E-state index in [-0.39, 0.29) is 23.1 Å². The lowest BCUT2D eigenvalue weighted by Crippen LogP contribution is -2.29. The molecule has 2 N–H and O–H groups in total. The fourth-order valence-electron chi connectivity index (χ4n) is 3.41. The van der Waals surface area contributed by atoms with Gasteiger partial charge in [-0.15, -0.1) is 0 Å². The van der Waals surface area contributed by atoms with Gasteiger partial charge in [-0.05, 0) is 30.5 Å². The Balaban J connectivity index is 1.59. The van der Waals surface area contributed by atoms with Gasteiger partial charge in [0.25, 0.3) is 5.56 Å². The molecule has 2 aromatic carbocycles. The number of nitrogens with zero attached hydrogens (tertiary/aromatic N) is 2. The van der Waals surface area contributed by atoms with Crippen molar-refractivity contribution in [2.24, 2.45) is 0 Å². The number of nitrogens with one attached hydrogen (secondary N) is 2. The molecule has 0 fully saturated rings. The number of rotatable bonds is 13. The number of ether oxygens (including phenoxy) is 1. The first-order valence-corrected chi connectivity index (χ1v) is 12.3. The third-order valence-corrected chi connectivity index (χ3v) is 6.13. The zero-order valence-electron chi connectivity index (χ0n) is 19.3. The van der Waals surface area contributed by atoms with Crippen molar-refractivity contribution in [3.8, 4) is 0 Å².